The molecular formula is C41H51N5O10PSi+. The first kappa shape index (κ1) is 42.8. The van der Waals surface area contributed by atoms with Crippen LogP contribution in [0.5, 0.6) is 11.5 Å². The van der Waals surface area contributed by atoms with E-state index in [0.717, 1.165) is 16.7 Å². The Morgan fingerprint density at radius 3 is 2.03 bits per heavy atom. The first-order chi connectivity index (χ1) is 27.5. The first-order valence-electron chi connectivity index (χ1n) is 18.9. The molecule has 3 unspecified atom stereocenters. The highest BCUT2D eigenvalue weighted by atomic mass is 31.1. The van der Waals surface area contributed by atoms with Gasteiger partial charge in [0, 0.05) is 10.5 Å². The second-order valence-corrected chi connectivity index (χ2v) is 21.4. The highest BCUT2D eigenvalue weighted by Gasteiger charge is 2.56. The molecule has 1 aliphatic rings. The first-order valence-corrected chi connectivity index (χ1v) is 23.0. The largest absolute Gasteiger partial charge is 0.695 e. The lowest BCUT2D eigenvalue weighted by atomic mass is 9.80. The van der Waals surface area contributed by atoms with Crippen LogP contribution < -0.4 is 20.3 Å². The number of methoxy groups -OCH3 is 2. The van der Waals surface area contributed by atoms with Crippen LogP contribution in [0.3, 0.4) is 0 Å². The number of nitrogens with zero attached hydrogens (tertiary/aromatic N) is 3. The predicted molar refractivity (Wildman–Crippen MR) is 221 cm³/mol. The van der Waals surface area contributed by atoms with Crippen molar-refractivity contribution in [3.63, 3.8) is 0 Å². The number of anilines is 1. The minimum atomic E-state index is -3.17. The predicted octanol–water partition coefficient (Wildman–Crippen LogP) is 7.06. The minimum absolute atomic E-state index is 0.00951. The molecule has 17 heteroatoms. The van der Waals surface area contributed by atoms with Gasteiger partial charge < -0.3 is 23.4 Å². The van der Waals surface area contributed by atoms with Crippen molar-refractivity contribution in [1.82, 2.24) is 19.5 Å². The summed E-state index contributed by atoms with van der Waals surface area (Å²) in [4.78, 5) is 47.8. The van der Waals surface area contributed by atoms with Crippen LogP contribution in [-0.4, -0.2) is 77.8 Å². The molecule has 15 nitrogen and oxygen atoms in total. The van der Waals surface area contributed by atoms with Crippen LogP contribution in [0.25, 0.3) is 11.2 Å². The van der Waals surface area contributed by atoms with Crippen molar-refractivity contribution in [1.29, 1.82) is 0 Å². The van der Waals surface area contributed by atoms with Crippen molar-refractivity contribution in [2.45, 2.75) is 82.9 Å². The molecule has 1 amide bonds. The van der Waals surface area contributed by atoms with E-state index in [9.17, 15) is 19.0 Å². The maximum absolute atomic E-state index is 13.3. The van der Waals surface area contributed by atoms with Gasteiger partial charge in [0.2, 0.25) is 11.9 Å². The van der Waals surface area contributed by atoms with E-state index in [1.165, 1.54) is 10.9 Å². The summed E-state index contributed by atoms with van der Waals surface area (Å²) in [6.45, 7) is 13.6. The van der Waals surface area contributed by atoms with Gasteiger partial charge in [-0.1, -0.05) is 89.2 Å². The molecule has 5 aromatic rings. The maximum Gasteiger partial charge on any atom is 0.695 e. The number of H-pyrrole nitrogens is 1. The van der Waals surface area contributed by atoms with E-state index in [4.69, 9.17) is 27.9 Å². The summed E-state index contributed by atoms with van der Waals surface area (Å²) in [5.74, 6) is 0.498. The fraction of sp³-hybridized carbons (Fsp3) is 0.415. The third-order valence-electron chi connectivity index (χ3n) is 10.8. The average Bonchev–Trinajstić information content (AvgIpc) is 3.76. The van der Waals surface area contributed by atoms with Gasteiger partial charge in [-0.2, -0.15) is 4.98 Å². The number of fused-ring (bicyclic) bond motifs is 1. The van der Waals surface area contributed by atoms with Crippen LogP contribution in [0.15, 0.2) is 90.0 Å². The van der Waals surface area contributed by atoms with E-state index in [1.54, 1.807) is 28.1 Å². The number of aromatic amines is 1. The summed E-state index contributed by atoms with van der Waals surface area (Å²) in [5.41, 5.74) is 0.562. The summed E-state index contributed by atoms with van der Waals surface area (Å²) in [7, 11) is -2.67. The molecule has 1 aliphatic heterocycles. The van der Waals surface area contributed by atoms with Gasteiger partial charge >= 0.3 is 8.25 Å². The minimum Gasteiger partial charge on any atom is -0.497 e. The molecule has 0 spiro atoms. The number of imidazole rings is 1. The molecule has 3 aromatic carbocycles. The molecule has 3 heterocycles. The molecule has 58 heavy (non-hydrogen) atoms. The van der Waals surface area contributed by atoms with Crippen molar-refractivity contribution in [2.24, 2.45) is 5.92 Å². The lowest BCUT2D eigenvalue weighted by Crippen LogP contribution is -2.49. The second-order valence-electron chi connectivity index (χ2n) is 15.9. The number of nitrogens with one attached hydrogen (secondary N) is 2. The normalized spacial score (nSPS) is 19.1. The summed E-state index contributed by atoms with van der Waals surface area (Å²) in [5, 5.41) is 2.35. The topological polar surface area (TPSA) is 185 Å². The molecule has 0 bridgehead atoms. The van der Waals surface area contributed by atoms with Crippen molar-refractivity contribution in [3.05, 3.63) is 112 Å². The van der Waals surface area contributed by atoms with Crippen LogP contribution in [0.2, 0.25) is 18.1 Å². The van der Waals surface area contributed by atoms with Gasteiger partial charge in [0.05, 0.1) is 27.2 Å². The van der Waals surface area contributed by atoms with E-state index >= 15 is 0 Å². The number of carbonyl (C=O) groups excluding carboxylic acids is 1. The fourth-order valence-corrected chi connectivity index (χ4v) is 8.40. The third-order valence-corrected chi connectivity index (χ3v) is 15.7. The zero-order valence-electron chi connectivity index (χ0n) is 34.1. The van der Waals surface area contributed by atoms with Gasteiger partial charge in [-0.3, -0.25) is 24.5 Å². The number of hydrogen-bond donors (Lipinski definition) is 3. The van der Waals surface area contributed by atoms with Crippen LogP contribution in [0.4, 0.5) is 5.95 Å². The maximum atomic E-state index is 13.3. The average molecular weight is 833 g/mol. The molecule has 308 valence electrons. The smallest absolute Gasteiger partial charge is 0.497 e. The van der Waals surface area contributed by atoms with Gasteiger partial charge in [-0.15, -0.1) is 9.42 Å². The Morgan fingerprint density at radius 2 is 1.52 bits per heavy atom. The summed E-state index contributed by atoms with van der Waals surface area (Å²) in [6.07, 6.45) is -2.88. The molecule has 5 atom stereocenters. The number of amides is 1. The zero-order valence-corrected chi connectivity index (χ0v) is 36.0. The number of carbonyl (C=O) groups is 1. The number of benzene rings is 3. The van der Waals surface area contributed by atoms with Gasteiger partial charge in [-0.05, 0) is 59.1 Å². The molecule has 0 aliphatic carbocycles. The number of rotatable bonds is 15. The molecule has 3 N–H and O–H groups in total. The van der Waals surface area contributed by atoms with E-state index in [0.29, 0.717) is 11.5 Å². The molecule has 2 aromatic heterocycles. The van der Waals surface area contributed by atoms with E-state index in [-0.39, 0.29) is 40.6 Å². The Hall–Kier alpha value is -4.80. The fourth-order valence-electron chi connectivity index (χ4n) is 6.65. The van der Waals surface area contributed by atoms with Gasteiger partial charge in [0.15, 0.2) is 31.8 Å². The SMILES string of the molecule is COc1ccc(C(OC[C@H]2O[C@@H](n3cnc4c(=O)[nH]c(NC(=O)C(C)C)nc43)C(O[Si](C)(C)C(C)(C)C)C2O[P+](=O)O)(c2ccccc2)c2ccc(OC)cc2)cc1. The molecule has 6 rings (SSSR count). The van der Waals surface area contributed by atoms with Crippen LogP contribution in [-0.2, 0) is 33.4 Å². The molecule has 0 radical (unpaired) electrons. The number of aromatic nitrogens is 4. The Bertz CT molecular complexity index is 2230. The van der Waals surface area contributed by atoms with Crippen LogP contribution in [0, 0.1) is 5.92 Å². The number of hydrogen-bond acceptors (Lipinski definition) is 11. The Kier molecular flexibility index (Phi) is 12.7. The van der Waals surface area contributed by atoms with E-state index < -0.39 is 52.3 Å². The van der Waals surface area contributed by atoms with Crippen molar-refractivity contribution in [3.8, 4) is 11.5 Å². The standard InChI is InChI=1S/C41H50N5O10PSi/c1-25(2)36(47)44-39-43-35-32(37(48)45-39)42-24-46(35)38-34(56-58(8,9)40(3,4)5)33(55-57(49)50)31(54-38)23-53-41(26-13-11-10-12-14-26,27-15-19-29(51-6)20-16-27)28-17-21-30(52-7)22-18-28/h10-22,24-25,31,33-34,38H,23H2,1-9H3,(H2-,43,44,45,47,48,49,50)/p+1/t31-,33?,34?,38-/m1/s1. The summed E-state index contributed by atoms with van der Waals surface area (Å²) < 4.78 is 52.1. The van der Waals surface area contributed by atoms with Crippen molar-refractivity contribution < 1.29 is 42.2 Å². The Balaban J connectivity index is 1.50. The molecule has 1 fully saturated rings. The van der Waals surface area contributed by atoms with Crippen LogP contribution in [0.1, 0.15) is 57.5 Å². The lowest BCUT2D eigenvalue weighted by Gasteiger charge is -2.40. The zero-order chi connectivity index (χ0) is 42.0. The highest BCUT2D eigenvalue weighted by molar-refractivity contribution is 7.32. The summed E-state index contributed by atoms with van der Waals surface area (Å²) >= 11 is 0. The quantitative estimate of drug-likeness (QED) is 0.0555. The molecule has 0 saturated carbocycles. The Morgan fingerprint density at radius 1 is 0.948 bits per heavy atom. The number of ether oxygens (including phenoxy) is 4. The lowest BCUT2D eigenvalue weighted by molar-refractivity contribution is -0.118. The highest BCUT2D eigenvalue weighted by Crippen LogP contribution is 2.47. The second kappa shape index (κ2) is 17.2. The van der Waals surface area contributed by atoms with Gasteiger partial charge in [0.25, 0.3) is 5.56 Å². The molecular weight excluding hydrogens is 782 g/mol. The van der Waals surface area contributed by atoms with E-state index in [1.807, 2.05) is 92.0 Å². The van der Waals surface area contributed by atoms with Crippen LogP contribution >= 0.6 is 8.25 Å². The van der Waals surface area contributed by atoms with Gasteiger partial charge in [-0.25, -0.2) is 4.98 Å². The monoisotopic (exact) mass is 832 g/mol. The molecule has 1 saturated heterocycles. The Labute approximate surface area is 339 Å². The third kappa shape index (κ3) is 8.64. The van der Waals surface area contributed by atoms with Crippen molar-refractivity contribution in [2.75, 3.05) is 26.1 Å². The van der Waals surface area contributed by atoms with Gasteiger partial charge in [0.1, 0.15) is 29.3 Å². The summed E-state index contributed by atoms with van der Waals surface area (Å²) in [6, 6.07) is 24.8. The van der Waals surface area contributed by atoms with E-state index in [2.05, 4.69) is 41.0 Å². The van der Waals surface area contributed by atoms with Crippen molar-refractivity contribution >= 4 is 39.6 Å².